The summed E-state index contributed by atoms with van der Waals surface area (Å²) < 4.78 is 18.1. The summed E-state index contributed by atoms with van der Waals surface area (Å²) in [5.41, 5.74) is 6.78. The number of esters is 1. The molecular weight excluding hydrogens is 336 g/mol. The van der Waals surface area contributed by atoms with Gasteiger partial charge in [0.05, 0.1) is 23.1 Å². The van der Waals surface area contributed by atoms with E-state index < -0.39 is 6.23 Å². The molecule has 0 aliphatic carbocycles. The van der Waals surface area contributed by atoms with Crippen LogP contribution in [0.25, 0.3) is 10.3 Å². The van der Waals surface area contributed by atoms with Crippen LogP contribution in [0.15, 0.2) is 4.79 Å². The van der Waals surface area contributed by atoms with Crippen LogP contribution in [0.4, 0.5) is 5.95 Å². The molecular formula is C14H18N4O5S. The molecule has 10 heteroatoms. The number of carbonyl (C=O) groups is 1. The fourth-order valence-corrected chi connectivity index (χ4v) is 3.63. The van der Waals surface area contributed by atoms with Crippen molar-refractivity contribution < 1.29 is 19.0 Å². The van der Waals surface area contributed by atoms with Crippen molar-refractivity contribution in [3.8, 4) is 0 Å². The van der Waals surface area contributed by atoms with Crippen molar-refractivity contribution in [3.63, 3.8) is 0 Å². The number of aromatic nitrogens is 3. The Morgan fingerprint density at radius 3 is 2.96 bits per heavy atom. The van der Waals surface area contributed by atoms with Gasteiger partial charge in [0.2, 0.25) is 5.95 Å². The molecule has 0 amide bonds. The predicted octanol–water partition coefficient (Wildman–Crippen LogP) is 0.822. The highest BCUT2D eigenvalue weighted by Crippen LogP contribution is 2.31. The fraction of sp³-hybridized carbons (Fsp3) is 0.571. The lowest BCUT2D eigenvalue weighted by Gasteiger charge is -2.15. The van der Waals surface area contributed by atoms with Crippen molar-refractivity contribution in [2.24, 2.45) is 0 Å². The van der Waals surface area contributed by atoms with Crippen LogP contribution in [0.1, 0.15) is 31.7 Å². The van der Waals surface area contributed by atoms with Crippen molar-refractivity contribution in [1.29, 1.82) is 0 Å². The Kier molecular flexibility index (Phi) is 4.78. The standard InChI is InChI=1S/C14H18N4O5S/c1-7(19)22-5-8-3-4-10(23-8)18-12-11(24-14(18)20)9(6-21-2)16-13(15)17-12/h8,10H,3-6H2,1-2H3,(H2,15,16,17)/t8-,10+/m0/s1. The Morgan fingerprint density at radius 2 is 2.25 bits per heavy atom. The number of carbonyl (C=O) groups excluding carboxylic acids is 1. The topological polar surface area (TPSA) is 119 Å². The summed E-state index contributed by atoms with van der Waals surface area (Å²) in [6, 6.07) is 0. The number of thiazole rings is 1. The molecule has 130 valence electrons. The van der Waals surface area contributed by atoms with E-state index in [2.05, 4.69) is 9.97 Å². The summed E-state index contributed by atoms with van der Waals surface area (Å²) >= 11 is 1.04. The Labute approximate surface area is 141 Å². The summed E-state index contributed by atoms with van der Waals surface area (Å²) in [6.07, 6.45) is 0.615. The van der Waals surface area contributed by atoms with E-state index in [-0.39, 0.29) is 36.1 Å². The molecule has 2 aromatic heterocycles. The molecule has 1 aliphatic heterocycles. The van der Waals surface area contributed by atoms with Gasteiger partial charge < -0.3 is 19.9 Å². The maximum absolute atomic E-state index is 12.4. The average Bonchev–Trinajstić information content (AvgIpc) is 3.09. The van der Waals surface area contributed by atoms with Crippen LogP contribution >= 0.6 is 11.3 Å². The summed E-state index contributed by atoms with van der Waals surface area (Å²) in [5, 5.41) is 0. The van der Waals surface area contributed by atoms with Crippen LogP contribution in [0.3, 0.4) is 0 Å². The van der Waals surface area contributed by atoms with Gasteiger partial charge >= 0.3 is 10.8 Å². The zero-order chi connectivity index (χ0) is 17.3. The number of hydrogen-bond donors (Lipinski definition) is 1. The first kappa shape index (κ1) is 16.8. The summed E-state index contributed by atoms with van der Waals surface area (Å²) in [6.45, 7) is 1.76. The van der Waals surface area contributed by atoms with Gasteiger partial charge in [-0.15, -0.1) is 0 Å². The van der Waals surface area contributed by atoms with Crippen molar-refractivity contribution in [3.05, 3.63) is 15.4 Å². The SMILES string of the molecule is COCc1nc(N)nc2c1sc(=O)n2[C@H]1CC[C@@H](COC(C)=O)O1. The number of hydrogen-bond acceptors (Lipinski definition) is 9. The molecule has 0 aromatic carbocycles. The third-order valence-corrected chi connectivity index (χ3v) is 4.67. The van der Waals surface area contributed by atoms with Crippen LogP contribution < -0.4 is 10.6 Å². The van der Waals surface area contributed by atoms with Crippen LogP contribution in [0, 0.1) is 0 Å². The van der Waals surface area contributed by atoms with E-state index in [9.17, 15) is 9.59 Å². The number of fused-ring (bicyclic) bond motifs is 1. The minimum absolute atomic E-state index is 0.0792. The Hall–Kier alpha value is -2.04. The molecule has 24 heavy (non-hydrogen) atoms. The molecule has 1 aliphatic rings. The first-order valence-electron chi connectivity index (χ1n) is 7.44. The molecule has 2 aromatic rings. The van der Waals surface area contributed by atoms with E-state index in [0.29, 0.717) is 28.9 Å². The van der Waals surface area contributed by atoms with E-state index in [1.54, 1.807) is 7.11 Å². The predicted molar refractivity (Wildman–Crippen MR) is 86.6 cm³/mol. The molecule has 9 nitrogen and oxygen atoms in total. The highest BCUT2D eigenvalue weighted by atomic mass is 32.1. The lowest BCUT2D eigenvalue weighted by Crippen LogP contribution is -2.23. The quantitative estimate of drug-likeness (QED) is 0.784. The van der Waals surface area contributed by atoms with Gasteiger partial charge in [-0.2, -0.15) is 4.98 Å². The molecule has 1 saturated heterocycles. The highest BCUT2D eigenvalue weighted by molar-refractivity contribution is 7.16. The number of rotatable bonds is 5. The first-order valence-corrected chi connectivity index (χ1v) is 8.26. The molecule has 0 bridgehead atoms. The monoisotopic (exact) mass is 354 g/mol. The number of nitrogens with two attached hydrogens (primary N) is 1. The zero-order valence-electron chi connectivity index (χ0n) is 13.4. The Balaban J connectivity index is 1.91. The molecule has 0 unspecified atom stereocenters. The van der Waals surface area contributed by atoms with Crippen LogP contribution in [-0.2, 0) is 25.6 Å². The van der Waals surface area contributed by atoms with Crippen LogP contribution in [-0.4, -0.2) is 40.3 Å². The van der Waals surface area contributed by atoms with Gasteiger partial charge in [0.25, 0.3) is 0 Å². The lowest BCUT2D eigenvalue weighted by atomic mass is 10.2. The van der Waals surface area contributed by atoms with Gasteiger partial charge in [-0.3, -0.25) is 14.2 Å². The summed E-state index contributed by atoms with van der Waals surface area (Å²) in [7, 11) is 1.55. The average molecular weight is 354 g/mol. The minimum atomic E-state index is -0.462. The maximum Gasteiger partial charge on any atom is 0.311 e. The maximum atomic E-state index is 12.4. The smallest absolute Gasteiger partial charge is 0.311 e. The van der Waals surface area contributed by atoms with E-state index in [4.69, 9.17) is 19.9 Å². The van der Waals surface area contributed by atoms with Gasteiger partial charge in [-0.05, 0) is 12.8 Å². The van der Waals surface area contributed by atoms with Gasteiger partial charge in [-0.25, -0.2) is 4.98 Å². The van der Waals surface area contributed by atoms with Gasteiger partial charge in [0.1, 0.15) is 12.8 Å². The van der Waals surface area contributed by atoms with Crippen molar-refractivity contribution in [2.75, 3.05) is 19.5 Å². The van der Waals surface area contributed by atoms with Crippen molar-refractivity contribution in [1.82, 2.24) is 14.5 Å². The number of nitrogens with zero attached hydrogens (tertiary/aromatic N) is 3. The third kappa shape index (κ3) is 3.25. The van der Waals surface area contributed by atoms with Gasteiger partial charge in [-0.1, -0.05) is 11.3 Å². The molecule has 0 spiro atoms. The Bertz CT molecular complexity index is 817. The third-order valence-electron chi connectivity index (χ3n) is 3.68. The zero-order valence-corrected chi connectivity index (χ0v) is 14.2. The molecule has 2 N–H and O–H groups in total. The van der Waals surface area contributed by atoms with Crippen molar-refractivity contribution in [2.45, 2.75) is 38.7 Å². The van der Waals surface area contributed by atoms with E-state index in [0.717, 1.165) is 11.3 Å². The van der Waals surface area contributed by atoms with Gasteiger partial charge in [0, 0.05) is 14.0 Å². The molecule has 1 fully saturated rings. The van der Waals surface area contributed by atoms with Crippen LogP contribution in [0.5, 0.6) is 0 Å². The van der Waals surface area contributed by atoms with Crippen molar-refractivity contribution >= 4 is 33.6 Å². The number of methoxy groups -OCH3 is 1. The minimum Gasteiger partial charge on any atom is -0.463 e. The second kappa shape index (κ2) is 6.83. The summed E-state index contributed by atoms with van der Waals surface area (Å²) in [4.78, 5) is 31.5. The van der Waals surface area contributed by atoms with Crippen LogP contribution in [0.2, 0.25) is 0 Å². The number of anilines is 1. The molecule has 3 rings (SSSR count). The van der Waals surface area contributed by atoms with Gasteiger partial charge in [0.15, 0.2) is 5.65 Å². The Morgan fingerprint density at radius 1 is 1.46 bits per heavy atom. The summed E-state index contributed by atoms with van der Waals surface area (Å²) in [5.74, 6) is -0.277. The van der Waals surface area contributed by atoms with E-state index in [1.165, 1.54) is 11.5 Å². The van der Waals surface area contributed by atoms with E-state index >= 15 is 0 Å². The molecule has 0 radical (unpaired) electrons. The molecule has 0 saturated carbocycles. The normalized spacial score (nSPS) is 20.6. The number of ether oxygens (including phenoxy) is 3. The second-order valence-electron chi connectivity index (χ2n) is 5.44. The molecule has 2 atom stereocenters. The largest absolute Gasteiger partial charge is 0.463 e. The lowest BCUT2D eigenvalue weighted by molar-refractivity contribution is -0.145. The second-order valence-corrected chi connectivity index (χ2v) is 6.41. The highest BCUT2D eigenvalue weighted by Gasteiger charge is 2.31. The number of nitrogen functional groups attached to an aromatic ring is 1. The van der Waals surface area contributed by atoms with E-state index in [1.807, 2.05) is 0 Å². The fourth-order valence-electron chi connectivity index (χ4n) is 2.69. The molecule has 3 heterocycles. The first-order chi connectivity index (χ1) is 11.5.